The summed E-state index contributed by atoms with van der Waals surface area (Å²) in [6.45, 7) is 7.80. The van der Waals surface area contributed by atoms with Crippen LogP contribution in [-0.2, 0) is 44.4 Å². The fourth-order valence-corrected chi connectivity index (χ4v) is 4.40. The predicted molar refractivity (Wildman–Crippen MR) is 88.8 cm³/mol. The van der Waals surface area contributed by atoms with E-state index in [0.29, 0.717) is 19.8 Å². The van der Waals surface area contributed by atoms with Gasteiger partial charge in [-0.15, -0.1) is 0 Å². The first kappa shape index (κ1) is 20.6. The summed E-state index contributed by atoms with van der Waals surface area (Å²) in [7, 11) is -4.56. The van der Waals surface area contributed by atoms with Crippen molar-refractivity contribution in [2.75, 3.05) is 19.8 Å². The molecular formula is C13H23O5S2Si-. The summed E-state index contributed by atoms with van der Waals surface area (Å²) in [5, 5.41) is 0. The predicted octanol–water partition coefficient (Wildman–Crippen LogP) is 2.70. The fourth-order valence-electron chi connectivity index (χ4n) is 1.78. The van der Waals surface area contributed by atoms with Crippen LogP contribution in [0, 0.1) is 0 Å². The topological polar surface area (TPSA) is 65.0 Å². The van der Waals surface area contributed by atoms with Crippen molar-refractivity contribution in [3.63, 3.8) is 0 Å². The smallest absolute Gasteiger partial charge is 0.459 e. The Morgan fingerprint density at radius 2 is 1.43 bits per heavy atom. The van der Waals surface area contributed by atoms with E-state index in [1.807, 2.05) is 39.0 Å². The van der Waals surface area contributed by atoms with Gasteiger partial charge in [0.15, 0.2) is 0 Å². The molecule has 0 aromatic heterocycles. The van der Waals surface area contributed by atoms with Crippen molar-refractivity contribution in [3.05, 3.63) is 35.9 Å². The summed E-state index contributed by atoms with van der Waals surface area (Å²) >= 11 is 3.65. The van der Waals surface area contributed by atoms with Gasteiger partial charge in [0.05, 0.1) is 0 Å². The molecule has 0 radical (unpaired) electrons. The lowest BCUT2D eigenvalue weighted by Gasteiger charge is -2.28. The molecule has 0 aliphatic heterocycles. The third-order valence-electron chi connectivity index (χ3n) is 2.36. The van der Waals surface area contributed by atoms with E-state index in [-0.39, 0.29) is 0 Å². The van der Waals surface area contributed by atoms with Gasteiger partial charge in [0.1, 0.15) is 0 Å². The van der Waals surface area contributed by atoms with E-state index in [1.54, 1.807) is 0 Å². The van der Waals surface area contributed by atoms with E-state index >= 15 is 0 Å². The molecule has 1 aromatic rings. The molecule has 21 heavy (non-hydrogen) atoms. The molecule has 5 nitrogen and oxygen atoms in total. The van der Waals surface area contributed by atoms with Crippen molar-refractivity contribution < 1.29 is 22.0 Å². The summed E-state index contributed by atoms with van der Waals surface area (Å²) in [5.74, 6) is 0. The minimum atomic E-state index is -2.54. The average Bonchev–Trinajstić information content (AvgIpc) is 2.40. The molecule has 0 atom stereocenters. The molecule has 0 spiro atoms. The van der Waals surface area contributed by atoms with Crippen LogP contribution >= 0.6 is 0 Å². The van der Waals surface area contributed by atoms with E-state index < -0.39 is 18.4 Å². The van der Waals surface area contributed by atoms with Crippen LogP contribution in [0.3, 0.4) is 0 Å². The maximum absolute atomic E-state index is 8.93. The first-order valence-corrected chi connectivity index (χ1v) is 10.7. The molecule has 0 bridgehead atoms. The van der Waals surface area contributed by atoms with Crippen LogP contribution in [0.25, 0.3) is 0 Å². The summed E-state index contributed by atoms with van der Waals surface area (Å²) in [4.78, 5) is 0. The van der Waals surface area contributed by atoms with Gasteiger partial charge in [-0.05, 0) is 26.3 Å². The number of hydrogen-bond donors (Lipinski definition) is 1. The van der Waals surface area contributed by atoms with Gasteiger partial charge in [-0.25, -0.2) is 11.2 Å². The van der Waals surface area contributed by atoms with E-state index in [4.69, 9.17) is 22.0 Å². The zero-order valence-electron chi connectivity index (χ0n) is 12.6. The summed E-state index contributed by atoms with van der Waals surface area (Å²) < 4.78 is 33.7. The Bertz CT molecular complexity index is 414. The second kappa shape index (κ2) is 12.2. The lowest BCUT2D eigenvalue weighted by atomic mass is 10.2. The van der Waals surface area contributed by atoms with Crippen LogP contribution in [0.4, 0.5) is 0 Å². The minimum absolute atomic E-state index is 0.624. The van der Waals surface area contributed by atoms with Gasteiger partial charge >= 0.3 is 8.80 Å². The Labute approximate surface area is 134 Å². The third-order valence-corrected chi connectivity index (χ3v) is 5.38. The van der Waals surface area contributed by atoms with E-state index in [1.165, 1.54) is 5.56 Å². The zero-order chi connectivity index (χ0) is 16.1. The van der Waals surface area contributed by atoms with Crippen molar-refractivity contribution in [1.82, 2.24) is 0 Å². The van der Waals surface area contributed by atoms with Gasteiger partial charge in [0, 0.05) is 25.9 Å². The molecule has 0 heterocycles. The Morgan fingerprint density at radius 1 is 1.05 bits per heavy atom. The first-order valence-electron chi connectivity index (χ1n) is 6.73. The molecular weight excluding hydrogens is 328 g/mol. The Morgan fingerprint density at radius 3 is 1.76 bits per heavy atom. The molecule has 0 aliphatic carbocycles. The molecule has 0 saturated heterocycles. The van der Waals surface area contributed by atoms with Crippen LogP contribution in [-0.4, -0.2) is 33.2 Å². The third kappa shape index (κ3) is 10.1. The van der Waals surface area contributed by atoms with E-state index in [0.717, 1.165) is 6.04 Å². The quantitative estimate of drug-likeness (QED) is 0.441. The second-order valence-corrected chi connectivity index (χ2v) is 7.74. The van der Waals surface area contributed by atoms with Crippen LogP contribution in [0.1, 0.15) is 26.3 Å². The SMILES string of the molecule is CCO[Si](Cc1ccccc1)(OCC)OCC.O=[S-](O)=S. The normalized spacial score (nSPS) is 11.1. The van der Waals surface area contributed by atoms with Crippen LogP contribution in [0.15, 0.2) is 30.3 Å². The van der Waals surface area contributed by atoms with Gasteiger partial charge in [-0.2, -0.15) is 0 Å². The molecule has 1 rings (SSSR count). The Balaban J connectivity index is 0.000000885. The Hall–Kier alpha value is -0.353. The van der Waals surface area contributed by atoms with Crippen LogP contribution in [0.2, 0.25) is 0 Å². The van der Waals surface area contributed by atoms with Gasteiger partial charge in [0.25, 0.3) is 0 Å². The van der Waals surface area contributed by atoms with Gasteiger partial charge in [0.2, 0.25) is 0 Å². The standard InChI is InChI=1S/C13H22O3Si.HO2S2/c1-4-14-17(15-5-2,16-6-3)12-13-10-8-7-9-11-13;1-4(2)3/h7-11H,4-6,12H2,1-3H3;(H,1,2,3)/q;-1. The highest BCUT2D eigenvalue weighted by Crippen LogP contribution is 2.16. The summed E-state index contributed by atoms with van der Waals surface area (Å²) in [6, 6.07) is 11.0. The maximum atomic E-state index is 8.93. The fraction of sp³-hybridized carbons (Fsp3) is 0.538. The zero-order valence-corrected chi connectivity index (χ0v) is 15.2. The van der Waals surface area contributed by atoms with Gasteiger partial charge in [-0.1, -0.05) is 40.0 Å². The number of rotatable bonds is 8. The number of benzene rings is 1. The van der Waals surface area contributed by atoms with Crippen molar-refractivity contribution >= 4 is 29.6 Å². The van der Waals surface area contributed by atoms with Crippen molar-refractivity contribution in [3.8, 4) is 0 Å². The minimum Gasteiger partial charge on any atom is -0.459 e. The summed E-state index contributed by atoms with van der Waals surface area (Å²) in [6.07, 6.45) is 0. The van der Waals surface area contributed by atoms with Gasteiger partial charge in [-0.3, -0.25) is 0 Å². The monoisotopic (exact) mass is 351 g/mol. The Kier molecular flexibility index (Phi) is 12.0. The van der Waals surface area contributed by atoms with E-state index in [9.17, 15) is 0 Å². The van der Waals surface area contributed by atoms with Gasteiger partial charge < -0.3 is 22.0 Å². The average molecular weight is 352 g/mol. The van der Waals surface area contributed by atoms with Crippen LogP contribution < -0.4 is 0 Å². The molecule has 1 N–H and O–H groups in total. The van der Waals surface area contributed by atoms with Crippen molar-refractivity contribution in [2.45, 2.75) is 26.8 Å². The highest BCUT2D eigenvalue weighted by atomic mass is 32.8. The largest absolute Gasteiger partial charge is 0.505 e. The lowest BCUT2D eigenvalue weighted by Crippen LogP contribution is -2.48. The molecule has 0 amide bonds. The second-order valence-electron chi connectivity index (χ2n) is 3.86. The number of hydrogen-bond acceptors (Lipinski definition) is 6. The molecule has 1 aromatic carbocycles. The van der Waals surface area contributed by atoms with Crippen molar-refractivity contribution in [2.24, 2.45) is 0 Å². The van der Waals surface area contributed by atoms with E-state index in [2.05, 4.69) is 23.3 Å². The highest BCUT2D eigenvalue weighted by Gasteiger charge is 2.40. The molecule has 0 unspecified atom stereocenters. The maximum Gasteiger partial charge on any atom is 0.505 e. The molecule has 8 heteroatoms. The van der Waals surface area contributed by atoms with Crippen LogP contribution in [0.5, 0.6) is 0 Å². The molecule has 0 aliphatic rings. The van der Waals surface area contributed by atoms with Crippen molar-refractivity contribution in [1.29, 1.82) is 0 Å². The summed E-state index contributed by atoms with van der Waals surface area (Å²) in [5.41, 5.74) is 1.20. The first-order chi connectivity index (χ1) is 9.99. The molecule has 0 fully saturated rings. The molecule has 0 saturated carbocycles. The highest BCUT2D eigenvalue weighted by molar-refractivity contribution is 8.18. The lowest BCUT2D eigenvalue weighted by molar-refractivity contribution is 0.0704. The molecule has 122 valence electrons.